The fourth-order valence-corrected chi connectivity index (χ4v) is 1.71. The Morgan fingerprint density at radius 1 is 0.947 bits per heavy atom. The van der Waals surface area contributed by atoms with Crippen LogP contribution in [-0.2, 0) is 6.61 Å². The molecular formula is C15H17NO3. The van der Waals surface area contributed by atoms with Crippen molar-refractivity contribution in [3.63, 3.8) is 0 Å². The molecule has 0 aliphatic carbocycles. The number of methoxy groups -OCH3 is 2. The Morgan fingerprint density at radius 2 is 1.79 bits per heavy atom. The molecule has 4 nitrogen and oxygen atoms in total. The summed E-state index contributed by atoms with van der Waals surface area (Å²) in [5.41, 5.74) is 7.38. The molecule has 0 amide bonds. The molecule has 0 aliphatic heterocycles. The Labute approximate surface area is 112 Å². The first kappa shape index (κ1) is 13.1. The van der Waals surface area contributed by atoms with Crippen molar-refractivity contribution in [2.45, 2.75) is 6.61 Å². The molecule has 0 aromatic heterocycles. The Morgan fingerprint density at radius 3 is 2.53 bits per heavy atom. The van der Waals surface area contributed by atoms with Crippen molar-refractivity contribution in [3.8, 4) is 17.2 Å². The molecule has 0 radical (unpaired) electrons. The van der Waals surface area contributed by atoms with E-state index < -0.39 is 0 Å². The van der Waals surface area contributed by atoms with Gasteiger partial charge in [0, 0.05) is 6.07 Å². The summed E-state index contributed by atoms with van der Waals surface area (Å²) in [4.78, 5) is 0. The SMILES string of the molecule is COc1cccc(COc2ccc(N)c(OC)c2)c1. The number of hydrogen-bond donors (Lipinski definition) is 1. The van der Waals surface area contributed by atoms with Gasteiger partial charge in [-0.2, -0.15) is 0 Å². The second-order valence-corrected chi connectivity index (χ2v) is 4.04. The molecule has 0 aliphatic rings. The average Bonchev–Trinajstić information content (AvgIpc) is 2.46. The lowest BCUT2D eigenvalue weighted by Crippen LogP contribution is -1.98. The number of nitrogen functional groups attached to an aromatic ring is 1. The fraction of sp³-hybridized carbons (Fsp3) is 0.200. The van der Waals surface area contributed by atoms with E-state index in [1.165, 1.54) is 0 Å². The molecular weight excluding hydrogens is 242 g/mol. The zero-order valence-corrected chi connectivity index (χ0v) is 11.1. The molecule has 0 spiro atoms. The maximum Gasteiger partial charge on any atom is 0.145 e. The Bertz CT molecular complexity index is 555. The van der Waals surface area contributed by atoms with Crippen LogP contribution in [0.15, 0.2) is 42.5 Å². The van der Waals surface area contributed by atoms with Gasteiger partial charge < -0.3 is 19.9 Å². The van der Waals surface area contributed by atoms with Crippen molar-refractivity contribution in [1.82, 2.24) is 0 Å². The van der Waals surface area contributed by atoms with E-state index in [1.807, 2.05) is 30.3 Å². The summed E-state index contributed by atoms with van der Waals surface area (Å²) in [6.45, 7) is 0.463. The van der Waals surface area contributed by atoms with Crippen molar-refractivity contribution in [2.75, 3.05) is 20.0 Å². The summed E-state index contributed by atoms with van der Waals surface area (Å²) in [6, 6.07) is 13.1. The molecule has 2 N–H and O–H groups in total. The topological polar surface area (TPSA) is 53.7 Å². The van der Waals surface area contributed by atoms with Gasteiger partial charge in [-0.3, -0.25) is 0 Å². The van der Waals surface area contributed by atoms with Crippen LogP contribution in [0.4, 0.5) is 5.69 Å². The lowest BCUT2D eigenvalue weighted by molar-refractivity contribution is 0.303. The molecule has 2 aromatic carbocycles. The molecule has 2 rings (SSSR count). The van der Waals surface area contributed by atoms with Crippen LogP contribution in [0.3, 0.4) is 0 Å². The minimum Gasteiger partial charge on any atom is -0.497 e. The summed E-state index contributed by atoms with van der Waals surface area (Å²) in [6.07, 6.45) is 0. The van der Waals surface area contributed by atoms with Crippen LogP contribution >= 0.6 is 0 Å². The Hall–Kier alpha value is -2.36. The van der Waals surface area contributed by atoms with E-state index >= 15 is 0 Å². The summed E-state index contributed by atoms with van der Waals surface area (Å²) >= 11 is 0. The molecule has 19 heavy (non-hydrogen) atoms. The molecule has 0 atom stereocenters. The van der Waals surface area contributed by atoms with Crippen molar-refractivity contribution < 1.29 is 14.2 Å². The number of benzene rings is 2. The number of nitrogens with two attached hydrogens (primary N) is 1. The summed E-state index contributed by atoms with van der Waals surface area (Å²) in [5.74, 6) is 2.15. The third kappa shape index (κ3) is 3.31. The van der Waals surface area contributed by atoms with E-state index in [-0.39, 0.29) is 0 Å². The number of rotatable bonds is 5. The highest BCUT2D eigenvalue weighted by atomic mass is 16.5. The van der Waals surface area contributed by atoms with Crippen LogP contribution < -0.4 is 19.9 Å². The molecule has 0 fully saturated rings. The minimum absolute atomic E-state index is 0.463. The van der Waals surface area contributed by atoms with Gasteiger partial charge in [0.15, 0.2) is 0 Å². The van der Waals surface area contributed by atoms with Gasteiger partial charge in [0.1, 0.15) is 23.9 Å². The maximum absolute atomic E-state index is 5.75. The lowest BCUT2D eigenvalue weighted by atomic mass is 10.2. The van der Waals surface area contributed by atoms with Crippen LogP contribution in [0.2, 0.25) is 0 Å². The first-order chi connectivity index (χ1) is 9.22. The van der Waals surface area contributed by atoms with Gasteiger partial charge in [0.2, 0.25) is 0 Å². The monoisotopic (exact) mass is 259 g/mol. The van der Waals surface area contributed by atoms with Gasteiger partial charge in [-0.05, 0) is 29.8 Å². The maximum atomic E-state index is 5.75. The van der Waals surface area contributed by atoms with Crippen molar-refractivity contribution in [1.29, 1.82) is 0 Å². The second kappa shape index (κ2) is 6.00. The van der Waals surface area contributed by atoms with Crippen LogP contribution in [0, 0.1) is 0 Å². The lowest BCUT2D eigenvalue weighted by Gasteiger charge is -2.10. The fourth-order valence-electron chi connectivity index (χ4n) is 1.71. The highest BCUT2D eigenvalue weighted by molar-refractivity contribution is 5.55. The van der Waals surface area contributed by atoms with Gasteiger partial charge in [0.05, 0.1) is 19.9 Å². The molecule has 0 heterocycles. The normalized spacial score (nSPS) is 10.0. The van der Waals surface area contributed by atoms with Gasteiger partial charge in [-0.25, -0.2) is 0 Å². The molecule has 100 valence electrons. The minimum atomic E-state index is 0.463. The predicted octanol–water partition coefficient (Wildman–Crippen LogP) is 2.87. The largest absolute Gasteiger partial charge is 0.497 e. The van der Waals surface area contributed by atoms with Crippen LogP contribution in [0.5, 0.6) is 17.2 Å². The zero-order chi connectivity index (χ0) is 13.7. The quantitative estimate of drug-likeness (QED) is 0.839. The molecule has 4 heteroatoms. The first-order valence-corrected chi connectivity index (χ1v) is 5.92. The third-order valence-corrected chi connectivity index (χ3v) is 2.74. The van der Waals surface area contributed by atoms with Gasteiger partial charge in [-0.1, -0.05) is 12.1 Å². The first-order valence-electron chi connectivity index (χ1n) is 5.92. The van der Waals surface area contributed by atoms with E-state index in [1.54, 1.807) is 26.4 Å². The number of hydrogen-bond acceptors (Lipinski definition) is 4. The smallest absolute Gasteiger partial charge is 0.145 e. The van der Waals surface area contributed by atoms with Crippen LogP contribution in [-0.4, -0.2) is 14.2 Å². The summed E-state index contributed by atoms with van der Waals surface area (Å²) < 4.78 is 16.0. The van der Waals surface area contributed by atoms with E-state index in [9.17, 15) is 0 Å². The van der Waals surface area contributed by atoms with Gasteiger partial charge >= 0.3 is 0 Å². The highest BCUT2D eigenvalue weighted by Gasteiger charge is 2.03. The standard InChI is InChI=1S/C15H17NO3/c1-17-12-5-3-4-11(8-12)10-19-13-6-7-14(16)15(9-13)18-2/h3-9H,10,16H2,1-2H3. The Balaban J connectivity index is 2.05. The van der Waals surface area contributed by atoms with Gasteiger partial charge in [-0.15, -0.1) is 0 Å². The number of anilines is 1. The van der Waals surface area contributed by atoms with Crippen LogP contribution in [0.1, 0.15) is 5.56 Å². The van der Waals surface area contributed by atoms with Gasteiger partial charge in [0.25, 0.3) is 0 Å². The summed E-state index contributed by atoms with van der Waals surface area (Å²) in [5, 5.41) is 0. The molecule has 0 saturated carbocycles. The van der Waals surface area contributed by atoms with Crippen molar-refractivity contribution in [2.24, 2.45) is 0 Å². The van der Waals surface area contributed by atoms with E-state index in [0.29, 0.717) is 23.8 Å². The van der Waals surface area contributed by atoms with Crippen LogP contribution in [0.25, 0.3) is 0 Å². The Kier molecular flexibility index (Phi) is 4.13. The van der Waals surface area contributed by atoms with Crippen molar-refractivity contribution >= 4 is 5.69 Å². The van der Waals surface area contributed by atoms with E-state index in [2.05, 4.69) is 0 Å². The highest BCUT2D eigenvalue weighted by Crippen LogP contribution is 2.27. The molecule has 0 unspecified atom stereocenters. The van der Waals surface area contributed by atoms with E-state index in [0.717, 1.165) is 11.3 Å². The average molecular weight is 259 g/mol. The predicted molar refractivity (Wildman–Crippen MR) is 74.7 cm³/mol. The summed E-state index contributed by atoms with van der Waals surface area (Å²) in [7, 11) is 3.22. The van der Waals surface area contributed by atoms with Crippen molar-refractivity contribution in [3.05, 3.63) is 48.0 Å². The second-order valence-electron chi connectivity index (χ2n) is 4.04. The zero-order valence-electron chi connectivity index (χ0n) is 11.1. The number of ether oxygens (including phenoxy) is 3. The molecule has 0 bridgehead atoms. The third-order valence-electron chi connectivity index (χ3n) is 2.74. The molecule has 2 aromatic rings. The molecule has 0 saturated heterocycles. The van der Waals surface area contributed by atoms with E-state index in [4.69, 9.17) is 19.9 Å².